The van der Waals surface area contributed by atoms with Crippen LogP contribution in [0.3, 0.4) is 0 Å². The summed E-state index contributed by atoms with van der Waals surface area (Å²) in [5, 5.41) is 0.294. The summed E-state index contributed by atoms with van der Waals surface area (Å²) in [5.41, 5.74) is 6.58. The summed E-state index contributed by atoms with van der Waals surface area (Å²) in [6.07, 6.45) is 5.95. The molecule has 2 N–H and O–H groups in total. The van der Waals surface area contributed by atoms with Gasteiger partial charge in [0.1, 0.15) is 5.15 Å². The fourth-order valence-electron chi connectivity index (χ4n) is 2.27. The molecule has 4 nitrogen and oxygen atoms in total. The number of hydrogen-bond acceptors (Lipinski definition) is 3. The molecule has 1 aliphatic carbocycles. The molecule has 17 heavy (non-hydrogen) atoms. The van der Waals surface area contributed by atoms with Crippen LogP contribution in [0.2, 0.25) is 5.15 Å². The maximum atomic E-state index is 12.3. The Labute approximate surface area is 106 Å². The van der Waals surface area contributed by atoms with Crippen LogP contribution in [0.25, 0.3) is 0 Å². The first kappa shape index (κ1) is 12.2. The maximum Gasteiger partial charge on any atom is 0.256 e. The van der Waals surface area contributed by atoms with Gasteiger partial charge in [-0.25, -0.2) is 4.98 Å². The lowest BCUT2D eigenvalue weighted by Gasteiger charge is -2.24. The van der Waals surface area contributed by atoms with Gasteiger partial charge in [0.05, 0.1) is 17.4 Å². The Bertz CT molecular complexity index is 430. The van der Waals surface area contributed by atoms with Crippen LogP contribution >= 0.6 is 11.6 Å². The van der Waals surface area contributed by atoms with Crippen LogP contribution in [0.5, 0.6) is 0 Å². The second-order valence-corrected chi connectivity index (χ2v) is 4.84. The molecule has 1 aromatic rings. The number of carbonyl (C=O) groups is 1. The number of hydrogen-bond donors (Lipinski definition) is 1. The minimum absolute atomic E-state index is 0.0706. The molecule has 0 aromatic carbocycles. The molecule has 1 fully saturated rings. The molecule has 1 saturated carbocycles. The van der Waals surface area contributed by atoms with Crippen molar-refractivity contribution in [3.63, 3.8) is 0 Å². The van der Waals surface area contributed by atoms with E-state index in [9.17, 15) is 4.79 Å². The molecule has 2 rings (SSSR count). The lowest BCUT2D eigenvalue weighted by molar-refractivity contribution is 0.0736. The van der Waals surface area contributed by atoms with Crippen molar-refractivity contribution in [2.75, 3.05) is 12.8 Å². The van der Waals surface area contributed by atoms with E-state index in [1.54, 1.807) is 4.90 Å². The van der Waals surface area contributed by atoms with E-state index in [4.69, 9.17) is 17.3 Å². The average Bonchev–Trinajstić information content (AvgIpc) is 2.84. The van der Waals surface area contributed by atoms with Gasteiger partial charge in [-0.2, -0.15) is 0 Å². The van der Waals surface area contributed by atoms with Crippen molar-refractivity contribution < 1.29 is 4.79 Å². The molecule has 0 spiro atoms. The third-order valence-electron chi connectivity index (χ3n) is 3.32. The Morgan fingerprint density at radius 3 is 2.82 bits per heavy atom. The van der Waals surface area contributed by atoms with Crippen molar-refractivity contribution in [2.24, 2.45) is 0 Å². The van der Waals surface area contributed by atoms with E-state index in [0.29, 0.717) is 22.4 Å². The summed E-state index contributed by atoms with van der Waals surface area (Å²) < 4.78 is 0. The van der Waals surface area contributed by atoms with Crippen LogP contribution in [0.15, 0.2) is 12.3 Å². The monoisotopic (exact) mass is 253 g/mol. The number of pyridine rings is 1. The molecule has 0 saturated heterocycles. The molecular weight excluding hydrogens is 238 g/mol. The fourth-order valence-corrected chi connectivity index (χ4v) is 2.43. The maximum absolute atomic E-state index is 12.3. The van der Waals surface area contributed by atoms with Crippen LogP contribution in [-0.2, 0) is 0 Å². The molecule has 1 aromatic heterocycles. The molecule has 1 amide bonds. The first-order valence-corrected chi connectivity index (χ1v) is 6.15. The number of amides is 1. The van der Waals surface area contributed by atoms with Crippen LogP contribution in [0.1, 0.15) is 36.0 Å². The van der Waals surface area contributed by atoms with E-state index in [0.717, 1.165) is 12.8 Å². The van der Waals surface area contributed by atoms with Crippen molar-refractivity contribution in [1.29, 1.82) is 0 Å². The lowest BCUT2D eigenvalue weighted by atomic mass is 10.1. The van der Waals surface area contributed by atoms with Crippen LogP contribution in [-0.4, -0.2) is 28.9 Å². The third kappa shape index (κ3) is 2.52. The molecule has 92 valence electrons. The third-order valence-corrected chi connectivity index (χ3v) is 3.53. The number of anilines is 1. The normalized spacial score (nSPS) is 16.1. The Balaban J connectivity index is 2.20. The lowest BCUT2D eigenvalue weighted by Crippen LogP contribution is -2.35. The summed E-state index contributed by atoms with van der Waals surface area (Å²) in [5.74, 6) is -0.0706. The van der Waals surface area contributed by atoms with Gasteiger partial charge in [-0.05, 0) is 18.9 Å². The molecular formula is C12H16ClN3O. The molecule has 0 bridgehead atoms. The smallest absolute Gasteiger partial charge is 0.256 e. The van der Waals surface area contributed by atoms with E-state index < -0.39 is 0 Å². The fraction of sp³-hybridized carbons (Fsp3) is 0.500. The van der Waals surface area contributed by atoms with Gasteiger partial charge in [0, 0.05) is 13.1 Å². The second-order valence-electron chi connectivity index (χ2n) is 4.45. The van der Waals surface area contributed by atoms with Gasteiger partial charge in [0.15, 0.2) is 0 Å². The number of nitrogens with two attached hydrogens (primary N) is 1. The van der Waals surface area contributed by atoms with E-state index in [1.807, 2.05) is 7.05 Å². The average molecular weight is 254 g/mol. The molecule has 0 atom stereocenters. The second kappa shape index (κ2) is 4.92. The Hall–Kier alpha value is -1.29. The zero-order valence-corrected chi connectivity index (χ0v) is 10.6. The number of aromatic nitrogens is 1. The number of nitrogens with zero attached hydrogens (tertiary/aromatic N) is 2. The first-order valence-electron chi connectivity index (χ1n) is 5.78. The van der Waals surface area contributed by atoms with Gasteiger partial charge in [-0.15, -0.1) is 0 Å². The Morgan fingerprint density at radius 1 is 1.53 bits per heavy atom. The summed E-state index contributed by atoms with van der Waals surface area (Å²) in [6.45, 7) is 0. The van der Waals surface area contributed by atoms with Gasteiger partial charge in [0.25, 0.3) is 5.91 Å². The molecule has 5 heteroatoms. The van der Waals surface area contributed by atoms with Crippen LogP contribution in [0.4, 0.5) is 5.69 Å². The van der Waals surface area contributed by atoms with E-state index in [2.05, 4.69) is 4.98 Å². The van der Waals surface area contributed by atoms with Gasteiger partial charge < -0.3 is 10.6 Å². The number of halogens is 1. The number of nitrogen functional groups attached to an aromatic ring is 1. The zero-order chi connectivity index (χ0) is 12.4. The first-order chi connectivity index (χ1) is 8.09. The zero-order valence-electron chi connectivity index (χ0n) is 9.82. The molecule has 1 heterocycles. The van der Waals surface area contributed by atoms with E-state index in [-0.39, 0.29) is 5.91 Å². The molecule has 0 radical (unpaired) electrons. The minimum Gasteiger partial charge on any atom is -0.397 e. The SMILES string of the molecule is CN(C(=O)c1cc(Cl)ncc1N)C1CCCC1. The van der Waals surface area contributed by atoms with Crippen molar-refractivity contribution in [3.8, 4) is 0 Å². The standard InChI is InChI=1S/C12H16ClN3O/c1-16(8-4-2-3-5-8)12(17)9-6-11(13)15-7-10(9)14/h6-8H,2-5,14H2,1H3. The summed E-state index contributed by atoms with van der Waals surface area (Å²) in [7, 11) is 1.83. The highest BCUT2D eigenvalue weighted by Gasteiger charge is 2.25. The largest absolute Gasteiger partial charge is 0.397 e. The number of rotatable bonds is 2. The summed E-state index contributed by atoms with van der Waals surface area (Å²) >= 11 is 5.79. The van der Waals surface area contributed by atoms with Crippen LogP contribution in [0, 0.1) is 0 Å². The summed E-state index contributed by atoms with van der Waals surface area (Å²) in [6, 6.07) is 1.86. The molecule has 0 unspecified atom stereocenters. The predicted molar refractivity (Wildman–Crippen MR) is 68.0 cm³/mol. The molecule has 0 aliphatic heterocycles. The molecule has 1 aliphatic rings. The quantitative estimate of drug-likeness (QED) is 0.823. The predicted octanol–water partition coefficient (Wildman–Crippen LogP) is 2.33. The highest BCUT2D eigenvalue weighted by molar-refractivity contribution is 6.29. The van der Waals surface area contributed by atoms with Crippen molar-refractivity contribution >= 4 is 23.2 Å². The summed E-state index contributed by atoms with van der Waals surface area (Å²) in [4.78, 5) is 17.9. The number of carbonyl (C=O) groups excluding carboxylic acids is 1. The Kier molecular flexibility index (Phi) is 3.52. The van der Waals surface area contributed by atoms with Crippen molar-refractivity contribution in [1.82, 2.24) is 9.88 Å². The highest BCUT2D eigenvalue weighted by Crippen LogP contribution is 2.25. The van der Waals surface area contributed by atoms with Crippen molar-refractivity contribution in [3.05, 3.63) is 23.0 Å². The topological polar surface area (TPSA) is 59.2 Å². The minimum atomic E-state index is -0.0706. The van der Waals surface area contributed by atoms with Gasteiger partial charge in [-0.3, -0.25) is 4.79 Å². The van der Waals surface area contributed by atoms with E-state index >= 15 is 0 Å². The van der Waals surface area contributed by atoms with Crippen molar-refractivity contribution in [2.45, 2.75) is 31.7 Å². The van der Waals surface area contributed by atoms with E-state index in [1.165, 1.54) is 25.1 Å². The van der Waals surface area contributed by atoms with Crippen LogP contribution < -0.4 is 5.73 Å². The van der Waals surface area contributed by atoms with Gasteiger partial charge in [0.2, 0.25) is 0 Å². The van der Waals surface area contributed by atoms with Gasteiger partial charge in [-0.1, -0.05) is 24.4 Å². The highest BCUT2D eigenvalue weighted by atomic mass is 35.5. The Morgan fingerprint density at radius 2 is 2.18 bits per heavy atom. The van der Waals surface area contributed by atoms with Gasteiger partial charge >= 0.3 is 0 Å².